The van der Waals surface area contributed by atoms with Crippen molar-refractivity contribution in [1.29, 1.82) is 5.26 Å². The van der Waals surface area contributed by atoms with Gasteiger partial charge in [-0.05, 0) is 44.5 Å². The smallest absolute Gasteiger partial charge is 0.0923 e. The Bertz CT molecular complexity index is 541. The molecule has 0 aliphatic rings. The van der Waals surface area contributed by atoms with Gasteiger partial charge in [0.15, 0.2) is 0 Å². The van der Waals surface area contributed by atoms with Crippen LogP contribution in [-0.4, -0.2) is 4.40 Å². The van der Waals surface area contributed by atoms with E-state index in [1.165, 1.54) is 5.56 Å². The maximum atomic E-state index is 9.19. The van der Waals surface area contributed by atoms with Crippen LogP contribution in [0.3, 0.4) is 0 Å². The Labute approximate surface area is 89.8 Å². The highest BCUT2D eigenvalue weighted by atomic mass is 14.9. The highest BCUT2D eigenvalue weighted by Crippen LogP contribution is 2.28. The molecule has 0 aromatic carbocycles. The van der Waals surface area contributed by atoms with E-state index in [2.05, 4.69) is 29.5 Å². The summed E-state index contributed by atoms with van der Waals surface area (Å²) in [6, 6.07) is 10.5. The van der Waals surface area contributed by atoms with E-state index in [4.69, 9.17) is 0 Å². The Balaban J connectivity index is 2.82. The molecule has 0 amide bonds. The van der Waals surface area contributed by atoms with Crippen LogP contribution < -0.4 is 0 Å². The van der Waals surface area contributed by atoms with Crippen LogP contribution in [0.2, 0.25) is 0 Å². The van der Waals surface area contributed by atoms with E-state index in [9.17, 15) is 5.26 Å². The van der Waals surface area contributed by atoms with Gasteiger partial charge in [-0.15, -0.1) is 0 Å². The normalized spacial score (nSPS) is 11.6. The van der Waals surface area contributed by atoms with Crippen LogP contribution in [0.1, 0.15) is 25.1 Å². The van der Waals surface area contributed by atoms with E-state index < -0.39 is 5.41 Å². The topological polar surface area (TPSA) is 28.2 Å². The molecule has 0 N–H and O–H groups in total. The van der Waals surface area contributed by atoms with Gasteiger partial charge in [-0.3, -0.25) is 0 Å². The molecule has 2 heterocycles. The summed E-state index contributed by atoms with van der Waals surface area (Å²) in [4.78, 5) is 0. The first-order chi connectivity index (χ1) is 7.06. The molecule has 0 spiro atoms. The molecule has 2 nitrogen and oxygen atoms in total. The molecule has 2 aromatic heterocycles. The number of pyridine rings is 1. The van der Waals surface area contributed by atoms with Crippen LogP contribution in [0.5, 0.6) is 0 Å². The molecule has 0 radical (unpaired) electrons. The van der Waals surface area contributed by atoms with E-state index in [1.54, 1.807) is 0 Å². The molecule has 0 unspecified atom stereocenters. The summed E-state index contributed by atoms with van der Waals surface area (Å²) in [6.45, 7) is 5.96. The second-order valence-electron chi connectivity index (χ2n) is 4.41. The summed E-state index contributed by atoms with van der Waals surface area (Å²) in [5.74, 6) is 0. The Morgan fingerprint density at radius 1 is 1.33 bits per heavy atom. The molecule has 0 aliphatic carbocycles. The molecule has 0 aliphatic heterocycles. The molecule has 15 heavy (non-hydrogen) atoms. The Kier molecular flexibility index (Phi) is 2.04. The van der Waals surface area contributed by atoms with Crippen molar-refractivity contribution in [3.63, 3.8) is 0 Å². The molecule has 0 bridgehead atoms. The number of aryl methyl sites for hydroxylation is 1. The summed E-state index contributed by atoms with van der Waals surface area (Å²) in [5.41, 5.74) is 2.96. The summed E-state index contributed by atoms with van der Waals surface area (Å²) in [5, 5.41) is 9.19. The zero-order valence-electron chi connectivity index (χ0n) is 9.28. The van der Waals surface area contributed by atoms with Gasteiger partial charge in [0.2, 0.25) is 0 Å². The number of nitriles is 1. The van der Waals surface area contributed by atoms with Crippen LogP contribution in [-0.2, 0) is 5.41 Å². The minimum atomic E-state index is -0.447. The van der Waals surface area contributed by atoms with Crippen molar-refractivity contribution in [3.05, 3.63) is 41.7 Å². The van der Waals surface area contributed by atoms with Crippen molar-refractivity contribution in [3.8, 4) is 6.07 Å². The number of nitrogens with zero attached hydrogens (tertiary/aromatic N) is 2. The second kappa shape index (κ2) is 3.13. The molecule has 0 saturated carbocycles. The minimum Gasteiger partial charge on any atom is -0.319 e. The zero-order valence-corrected chi connectivity index (χ0v) is 9.28. The maximum absolute atomic E-state index is 9.19. The van der Waals surface area contributed by atoms with Gasteiger partial charge in [-0.25, -0.2) is 0 Å². The third-order valence-corrected chi connectivity index (χ3v) is 2.74. The SMILES string of the molecule is Cc1cc2ccccn2c1C(C)(C)C#N. The fourth-order valence-corrected chi connectivity index (χ4v) is 2.10. The van der Waals surface area contributed by atoms with E-state index >= 15 is 0 Å². The molecular formula is C13H14N2. The largest absolute Gasteiger partial charge is 0.319 e. The molecular weight excluding hydrogens is 184 g/mol. The average molecular weight is 198 g/mol. The van der Waals surface area contributed by atoms with E-state index in [1.807, 2.05) is 32.2 Å². The Morgan fingerprint density at radius 3 is 2.73 bits per heavy atom. The quantitative estimate of drug-likeness (QED) is 0.692. The van der Waals surface area contributed by atoms with E-state index in [-0.39, 0.29) is 0 Å². The van der Waals surface area contributed by atoms with Crippen molar-refractivity contribution in [1.82, 2.24) is 4.40 Å². The highest BCUT2D eigenvalue weighted by molar-refractivity contribution is 5.55. The first-order valence-corrected chi connectivity index (χ1v) is 5.05. The lowest BCUT2D eigenvalue weighted by Crippen LogP contribution is -2.17. The van der Waals surface area contributed by atoms with Gasteiger partial charge in [0.05, 0.1) is 11.5 Å². The van der Waals surface area contributed by atoms with Crippen molar-refractivity contribution in [2.75, 3.05) is 0 Å². The van der Waals surface area contributed by atoms with Gasteiger partial charge in [-0.2, -0.15) is 5.26 Å². The number of rotatable bonds is 1. The van der Waals surface area contributed by atoms with E-state index in [0.29, 0.717) is 0 Å². The summed E-state index contributed by atoms with van der Waals surface area (Å²) >= 11 is 0. The first kappa shape index (κ1) is 9.79. The Morgan fingerprint density at radius 2 is 2.07 bits per heavy atom. The van der Waals surface area contributed by atoms with E-state index in [0.717, 1.165) is 11.2 Å². The lowest BCUT2D eigenvalue weighted by molar-refractivity contribution is 0.647. The number of aromatic nitrogens is 1. The second-order valence-corrected chi connectivity index (χ2v) is 4.41. The van der Waals surface area contributed by atoms with Gasteiger partial charge < -0.3 is 4.40 Å². The predicted molar refractivity (Wildman–Crippen MR) is 60.8 cm³/mol. The monoisotopic (exact) mass is 198 g/mol. The molecule has 2 rings (SSSR count). The number of hydrogen-bond donors (Lipinski definition) is 0. The highest BCUT2D eigenvalue weighted by Gasteiger charge is 2.25. The molecule has 76 valence electrons. The Hall–Kier alpha value is -1.75. The fourth-order valence-electron chi connectivity index (χ4n) is 2.10. The van der Waals surface area contributed by atoms with Crippen LogP contribution in [0.15, 0.2) is 30.5 Å². The molecule has 0 saturated heterocycles. The average Bonchev–Trinajstić information content (AvgIpc) is 2.54. The lowest BCUT2D eigenvalue weighted by atomic mass is 9.89. The lowest BCUT2D eigenvalue weighted by Gasteiger charge is -2.17. The van der Waals surface area contributed by atoms with Gasteiger partial charge in [-0.1, -0.05) is 6.07 Å². The molecule has 0 fully saturated rings. The number of hydrogen-bond acceptors (Lipinski definition) is 1. The summed E-state index contributed by atoms with van der Waals surface area (Å²) in [7, 11) is 0. The predicted octanol–water partition coefficient (Wildman–Crippen LogP) is 3.05. The number of fused-ring (bicyclic) bond motifs is 1. The summed E-state index contributed by atoms with van der Waals surface area (Å²) < 4.78 is 2.10. The third-order valence-electron chi connectivity index (χ3n) is 2.74. The van der Waals surface area contributed by atoms with Crippen molar-refractivity contribution >= 4 is 5.52 Å². The van der Waals surface area contributed by atoms with Gasteiger partial charge in [0.1, 0.15) is 0 Å². The zero-order chi connectivity index (χ0) is 11.1. The van der Waals surface area contributed by atoms with Crippen LogP contribution >= 0.6 is 0 Å². The van der Waals surface area contributed by atoms with Crippen molar-refractivity contribution in [2.45, 2.75) is 26.2 Å². The molecule has 2 aromatic rings. The first-order valence-electron chi connectivity index (χ1n) is 5.05. The van der Waals surface area contributed by atoms with Crippen LogP contribution in [0, 0.1) is 18.3 Å². The molecule has 2 heteroatoms. The van der Waals surface area contributed by atoms with Crippen molar-refractivity contribution < 1.29 is 0 Å². The van der Waals surface area contributed by atoms with Gasteiger partial charge >= 0.3 is 0 Å². The minimum absolute atomic E-state index is 0.447. The van der Waals surface area contributed by atoms with Crippen LogP contribution in [0.4, 0.5) is 0 Å². The standard InChI is InChI=1S/C13H14N2/c1-10-8-11-6-4-5-7-15(11)12(10)13(2,3)9-14/h4-8H,1-3H3. The third kappa shape index (κ3) is 1.41. The van der Waals surface area contributed by atoms with Crippen molar-refractivity contribution in [2.24, 2.45) is 0 Å². The van der Waals surface area contributed by atoms with Gasteiger partial charge in [0.25, 0.3) is 0 Å². The van der Waals surface area contributed by atoms with Crippen LogP contribution in [0.25, 0.3) is 5.52 Å². The molecule has 0 atom stereocenters. The van der Waals surface area contributed by atoms with Gasteiger partial charge in [0, 0.05) is 17.4 Å². The fraction of sp³-hybridized carbons (Fsp3) is 0.308. The maximum Gasteiger partial charge on any atom is 0.0923 e. The summed E-state index contributed by atoms with van der Waals surface area (Å²) in [6.07, 6.45) is 2.01.